The van der Waals surface area contributed by atoms with Crippen molar-refractivity contribution in [2.75, 3.05) is 34.5 Å². The number of nitrogens with zero attached hydrogens (tertiary/aromatic N) is 2. The molecule has 0 bridgehead atoms. The minimum atomic E-state index is -0.536. The molecular formula is C23H25N3O6. The van der Waals surface area contributed by atoms with Gasteiger partial charge in [0.15, 0.2) is 11.5 Å². The maximum atomic E-state index is 13.3. The number of aliphatic hydroxyl groups excluding tert-OH is 1. The number of hydrogen-bond donors (Lipinski definition) is 3. The van der Waals surface area contributed by atoms with Crippen molar-refractivity contribution in [2.45, 2.75) is 12.5 Å². The number of rotatable bonds is 8. The topological polar surface area (TPSA) is 117 Å². The second kappa shape index (κ2) is 8.80. The van der Waals surface area contributed by atoms with Crippen LogP contribution in [0, 0.1) is 0 Å². The van der Waals surface area contributed by atoms with Crippen LogP contribution in [0.3, 0.4) is 0 Å². The first-order valence-electron chi connectivity index (χ1n) is 10.1. The molecule has 2 heterocycles. The Balaban J connectivity index is 1.94. The van der Waals surface area contributed by atoms with Crippen molar-refractivity contribution in [2.24, 2.45) is 0 Å². The van der Waals surface area contributed by atoms with Crippen LogP contribution in [0.5, 0.6) is 23.0 Å². The van der Waals surface area contributed by atoms with Gasteiger partial charge in [0.1, 0.15) is 17.1 Å². The van der Waals surface area contributed by atoms with Gasteiger partial charge >= 0.3 is 0 Å². The molecule has 4 rings (SSSR count). The molecule has 3 aromatic rings. The van der Waals surface area contributed by atoms with E-state index in [-0.39, 0.29) is 18.3 Å². The number of H-pyrrole nitrogens is 1. The van der Waals surface area contributed by atoms with E-state index in [0.29, 0.717) is 52.7 Å². The molecule has 0 fully saturated rings. The van der Waals surface area contributed by atoms with Crippen LogP contribution >= 0.6 is 0 Å². The summed E-state index contributed by atoms with van der Waals surface area (Å²) in [5.74, 6) is 1.18. The molecule has 9 nitrogen and oxygen atoms in total. The Morgan fingerprint density at radius 1 is 1.09 bits per heavy atom. The highest BCUT2D eigenvalue weighted by Crippen LogP contribution is 2.48. The third kappa shape index (κ3) is 3.40. The highest BCUT2D eigenvalue weighted by Gasteiger charge is 2.42. The smallest absolute Gasteiger partial charge is 0.273 e. The maximum absolute atomic E-state index is 13.3. The van der Waals surface area contributed by atoms with Gasteiger partial charge in [0.25, 0.3) is 5.91 Å². The first-order chi connectivity index (χ1) is 15.5. The number of para-hydroxylation sites is 1. The summed E-state index contributed by atoms with van der Waals surface area (Å²) in [4.78, 5) is 14.9. The summed E-state index contributed by atoms with van der Waals surface area (Å²) in [7, 11) is 4.58. The average Bonchev–Trinajstić information content (AvgIpc) is 3.35. The summed E-state index contributed by atoms with van der Waals surface area (Å²) >= 11 is 0. The van der Waals surface area contributed by atoms with Crippen molar-refractivity contribution >= 4 is 5.91 Å². The number of carbonyl (C=O) groups is 1. The molecule has 0 aliphatic carbocycles. The van der Waals surface area contributed by atoms with E-state index >= 15 is 0 Å². The zero-order valence-corrected chi connectivity index (χ0v) is 18.1. The van der Waals surface area contributed by atoms with Crippen molar-refractivity contribution in [1.29, 1.82) is 0 Å². The van der Waals surface area contributed by atoms with Gasteiger partial charge in [-0.3, -0.25) is 9.89 Å². The molecule has 9 heteroatoms. The monoisotopic (exact) mass is 439 g/mol. The number of ether oxygens (including phenoxy) is 3. The molecule has 2 aromatic carbocycles. The predicted molar refractivity (Wildman–Crippen MR) is 116 cm³/mol. The highest BCUT2D eigenvalue weighted by molar-refractivity contribution is 6.00. The second-order valence-electron chi connectivity index (χ2n) is 7.31. The SMILES string of the molecule is COc1cc([C@@H]2c3c(-c4ccccc4O)n[nH]c3C(=O)N2CCCO)cc(OC)c1OC. The van der Waals surface area contributed by atoms with E-state index in [1.165, 1.54) is 21.3 Å². The number of aromatic hydroxyl groups is 1. The Kier molecular flexibility index (Phi) is 5.91. The predicted octanol–water partition coefficient (Wildman–Crippen LogP) is 2.74. The van der Waals surface area contributed by atoms with Crippen LogP contribution in [0.2, 0.25) is 0 Å². The average molecular weight is 439 g/mol. The van der Waals surface area contributed by atoms with Gasteiger partial charge in [-0.2, -0.15) is 5.10 Å². The number of carbonyl (C=O) groups excluding carboxylic acids is 1. The van der Waals surface area contributed by atoms with E-state index in [9.17, 15) is 15.0 Å². The summed E-state index contributed by atoms with van der Waals surface area (Å²) in [6.45, 7) is 0.281. The van der Waals surface area contributed by atoms with Crippen LogP contribution in [0.1, 0.15) is 34.1 Å². The number of phenols is 1. The highest BCUT2D eigenvalue weighted by atomic mass is 16.5. The number of amides is 1. The standard InChI is InChI=1S/C23H25N3O6/c1-30-16-11-13(12-17(31-2)22(16)32-3)21-18-19(14-7-4-5-8-15(14)28)24-25-20(18)23(29)26(21)9-6-10-27/h4-5,7-8,11-12,21,27-28H,6,9-10H2,1-3H3,(H,24,25)/t21-/m1/s1. The molecule has 1 atom stereocenters. The Labute approximate surface area is 185 Å². The van der Waals surface area contributed by atoms with Crippen molar-refractivity contribution in [3.05, 3.63) is 53.2 Å². The number of methoxy groups -OCH3 is 3. The first kappa shape index (κ1) is 21.5. The van der Waals surface area contributed by atoms with Crippen LogP contribution in [-0.4, -0.2) is 65.7 Å². The number of aliphatic hydroxyl groups is 1. The minimum Gasteiger partial charge on any atom is -0.507 e. The fourth-order valence-electron chi connectivity index (χ4n) is 4.15. The largest absolute Gasteiger partial charge is 0.507 e. The Morgan fingerprint density at radius 3 is 2.38 bits per heavy atom. The van der Waals surface area contributed by atoms with Gasteiger partial charge in [-0.05, 0) is 36.2 Å². The second-order valence-corrected chi connectivity index (χ2v) is 7.31. The number of fused-ring (bicyclic) bond motifs is 1. The van der Waals surface area contributed by atoms with Crippen molar-refractivity contribution in [3.8, 4) is 34.3 Å². The molecule has 1 aromatic heterocycles. The van der Waals surface area contributed by atoms with Gasteiger partial charge in [0.2, 0.25) is 5.75 Å². The molecule has 0 saturated carbocycles. The van der Waals surface area contributed by atoms with Gasteiger partial charge in [0.05, 0.1) is 27.4 Å². The number of phenolic OH excluding ortho intramolecular Hbond substituents is 1. The minimum absolute atomic E-state index is 0.0513. The summed E-state index contributed by atoms with van der Waals surface area (Å²) in [5, 5.41) is 27.0. The van der Waals surface area contributed by atoms with Crippen LogP contribution < -0.4 is 14.2 Å². The van der Waals surface area contributed by atoms with Gasteiger partial charge in [-0.15, -0.1) is 0 Å². The molecule has 1 aliphatic rings. The third-order valence-electron chi connectivity index (χ3n) is 5.58. The quantitative estimate of drug-likeness (QED) is 0.494. The Hall–Kier alpha value is -3.72. The third-order valence-corrected chi connectivity index (χ3v) is 5.58. The van der Waals surface area contributed by atoms with Crippen LogP contribution in [-0.2, 0) is 0 Å². The number of benzene rings is 2. The number of nitrogens with one attached hydrogen (secondary N) is 1. The summed E-state index contributed by atoms with van der Waals surface area (Å²) in [6, 6.07) is 9.89. The zero-order chi connectivity index (χ0) is 22.8. The summed E-state index contributed by atoms with van der Waals surface area (Å²) in [5.41, 5.74) is 2.71. The van der Waals surface area contributed by atoms with Crippen LogP contribution in [0.4, 0.5) is 0 Å². The lowest BCUT2D eigenvalue weighted by molar-refractivity contribution is 0.0731. The van der Waals surface area contributed by atoms with Gasteiger partial charge in [-0.1, -0.05) is 12.1 Å². The Morgan fingerprint density at radius 2 is 1.78 bits per heavy atom. The molecule has 3 N–H and O–H groups in total. The fraction of sp³-hybridized carbons (Fsp3) is 0.304. The van der Waals surface area contributed by atoms with Crippen molar-refractivity contribution < 1.29 is 29.2 Å². The van der Waals surface area contributed by atoms with Crippen molar-refractivity contribution in [1.82, 2.24) is 15.1 Å². The lowest BCUT2D eigenvalue weighted by Crippen LogP contribution is -2.31. The zero-order valence-electron chi connectivity index (χ0n) is 18.1. The van der Waals surface area contributed by atoms with Gasteiger partial charge < -0.3 is 29.3 Å². The van der Waals surface area contributed by atoms with Gasteiger partial charge in [-0.25, -0.2) is 0 Å². The molecular weight excluding hydrogens is 414 g/mol. The number of aromatic nitrogens is 2. The van der Waals surface area contributed by atoms with E-state index in [1.807, 2.05) is 0 Å². The lowest BCUT2D eigenvalue weighted by Gasteiger charge is -2.27. The summed E-state index contributed by atoms with van der Waals surface area (Å²) in [6.07, 6.45) is 0.413. The molecule has 0 unspecified atom stereocenters. The fourth-order valence-corrected chi connectivity index (χ4v) is 4.15. The van der Waals surface area contributed by atoms with E-state index in [0.717, 1.165) is 5.56 Å². The first-order valence-corrected chi connectivity index (χ1v) is 10.1. The van der Waals surface area contributed by atoms with Crippen LogP contribution in [0.15, 0.2) is 36.4 Å². The molecule has 0 radical (unpaired) electrons. The molecule has 0 saturated heterocycles. The Bertz CT molecular complexity index is 1120. The van der Waals surface area contributed by atoms with E-state index < -0.39 is 6.04 Å². The molecule has 1 amide bonds. The summed E-state index contributed by atoms with van der Waals surface area (Å²) < 4.78 is 16.5. The van der Waals surface area contributed by atoms with E-state index in [4.69, 9.17) is 14.2 Å². The molecule has 0 spiro atoms. The maximum Gasteiger partial charge on any atom is 0.273 e. The van der Waals surface area contributed by atoms with E-state index in [1.54, 1.807) is 41.3 Å². The van der Waals surface area contributed by atoms with Crippen LogP contribution in [0.25, 0.3) is 11.3 Å². The lowest BCUT2D eigenvalue weighted by atomic mass is 9.95. The van der Waals surface area contributed by atoms with Gasteiger partial charge in [0, 0.05) is 24.3 Å². The molecule has 168 valence electrons. The number of aromatic amines is 1. The number of hydrogen-bond acceptors (Lipinski definition) is 7. The molecule has 1 aliphatic heterocycles. The van der Waals surface area contributed by atoms with Crippen molar-refractivity contribution in [3.63, 3.8) is 0 Å². The molecule has 32 heavy (non-hydrogen) atoms. The normalized spacial score (nSPS) is 15.1. The van der Waals surface area contributed by atoms with E-state index in [2.05, 4.69) is 10.2 Å².